The molecule has 1 aliphatic carbocycles. The summed E-state index contributed by atoms with van der Waals surface area (Å²) in [6.45, 7) is 5.03. The maximum atomic E-state index is 5.96. The lowest BCUT2D eigenvalue weighted by atomic mass is 9.86. The summed E-state index contributed by atoms with van der Waals surface area (Å²) in [6.07, 6.45) is 5.17. The van der Waals surface area contributed by atoms with Crippen LogP contribution in [0.15, 0.2) is 30.3 Å². The quantitative estimate of drug-likeness (QED) is 0.567. The number of hydrogen-bond donors (Lipinski definition) is 1. The van der Waals surface area contributed by atoms with Crippen LogP contribution in [0, 0.1) is 0 Å². The van der Waals surface area contributed by atoms with Crippen LogP contribution in [0.2, 0.25) is 0 Å². The van der Waals surface area contributed by atoms with E-state index in [1.807, 2.05) is 24.3 Å². The summed E-state index contributed by atoms with van der Waals surface area (Å²) >= 11 is 0. The van der Waals surface area contributed by atoms with Crippen molar-refractivity contribution < 1.29 is 18.9 Å². The molecule has 0 unspecified atom stereocenters. The highest BCUT2D eigenvalue weighted by atomic mass is 16.7. The molecular weight excluding hydrogens is 432 g/mol. The second-order valence-corrected chi connectivity index (χ2v) is 9.56. The second-order valence-electron chi connectivity index (χ2n) is 9.56. The summed E-state index contributed by atoms with van der Waals surface area (Å²) in [5.41, 5.74) is 5.21. The average Bonchev–Trinajstić information content (AvgIpc) is 3.48. The molecule has 0 radical (unpaired) electrons. The van der Waals surface area contributed by atoms with Gasteiger partial charge in [-0.05, 0) is 43.5 Å². The van der Waals surface area contributed by atoms with E-state index in [0.29, 0.717) is 12.1 Å². The number of benzene rings is 1. The van der Waals surface area contributed by atoms with Gasteiger partial charge in [0.2, 0.25) is 0 Å². The van der Waals surface area contributed by atoms with Gasteiger partial charge in [0.15, 0.2) is 18.2 Å². The number of rotatable bonds is 5. The predicted octanol–water partition coefficient (Wildman–Crippen LogP) is 4.21. The summed E-state index contributed by atoms with van der Waals surface area (Å²) in [5.74, 6) is 0.425. The molecule has 180 valence electrons. The lowest BCUT2D eigenvalue weighted by molar-refractivity contribution is -0.185. The van der Waals surface area contributed by atoms with Crippen LogP contribution in [0.5, 0.6) is 5.75 Å². The van der Waals surface area contributed by atoms with Crippen LogP contribution in [0.3, 0.4) is 0 Å². The van der Waals surface area contributed by atoms with Crippen LogP contribution < -0.4 is 4.74 Å². The van der Waals surface area contributed by atoms with Gasteiger partial charge in [-0.3, -0.25) is 4.90 Å². The third kappa shape index (κ3) is 3.79. The Hall–Kier alpha value is -2.52. The zero-order chi connectivity index (χ0) is 23.1. The first-order chi connectivity index (χ1) is 16.7. The predicted molar refractivity (Wildman–Crippen MR) is 128 cm³/mol. The van der Waals surface area contributed by atoms with Crippen LogP contribution in [0.1, 0.15) is 49.9 Å². The van der Waals surface area contributed by atoms with Crippen LogP contribution in [-0.4, -0.2) is 65.6 Å². The Labute approximate surface area is 199 Å². The van der Waals surface area contributed by atoms with Gasteiger partial charge in [-0.15, -0.1) is 10.2 Å². The third-order valence-corrected chi connectivity index (χ3v) is 7.71. The molecule has 2 aromatic heterocycles. The SMILES string of the molecule is COCOc1ccccc1-c1cc2c3c([nH]c2nn1)CCN(C1CCC2(CC1)OCCO2)[C@@H]3C. The fraction of sp³-hybridized carbons (Fsp3) is 0.538. The number of nitrogens with zero attached hydrogens (tertiary/aromatic N) is 3. The van der Waals surface area contributed by atoms with Crippen molar-refractivity contribution in [2.24, 2.45) is 0 Å². The molecule has 2 aliphatic heterocycles. The minimum Gasteiger partial charge on any atom is -0.467 e. The Morgan fingerprint density at radius 3 is 2.74 bits per heavy atom. The van der Waals surface area contributed by atoms with Gasteiger partial charge in [0.05, 0.1) is 18.9 Å². The number of nitrogens with one attached hydrogen (secondary N) is 1. The zero-order valence-corrected chi connectivity index (χ0v) is 19.9. The first-order valence-corrected chi connectivity index (χ1v) is 12.3. The maximum Gasteiger partial charge on any atom is 0.188 e. The normalized spacial score (nSPS) is 22.9. The molecule has 1 atom stereocenters. The Morgan fingerprint density at radius 2 is 1.94 bits per heavy atom. The summed E-state index contributed by atoms with van der Waals surface area (Å²) in [5, 5.41) is 10.2. The molecule has 34 heavy (non-hydrogen) atoms. The summed E-state index contributed by atoms with van der Waals surface area (Å²) in [7, 11) is 1.62. The lowest BCUT2D eigenvalue weighted by Crippen LogP contribution is -2.47. The average molecular weight is 465 g/mol. The van der Waals surface area contributed by atoms with E-state index in [1.165, 1.54) is 11.3 Å². The van der Waals surface area contributed by atoms with Crippen molar-refractivity contribution in [3.63, 3.8) is 0 Å². The maximum absolute atomic E-state index is 5.96. The molecule has 0 amide bonds. The van der Waals surface area contributed by atoms with Crippen molar-refractivity contribution in [2.45, 2.75) is 56.9 Å². The zero-order valence-electron chi connectivity index (χ0n) is 19.9. The summed E-state index contributed by atoms with van der Waals surface area (Å²) in [6, 6.07) is 10.9. The van der Waals surface area contributed by atoms with Gasteiger partial charge >= 0.3 is 0 Å². The number of aromatic amines is 1. The highest BCUT2D eigenvalue weighted by molar-refractivity contribution is 5.86. The third-order valence-electron chi connectivity index (χ3n) is 7.71. The highest BCUT2D eigenvalue weighted by Gasteiger charge is 2.43. The molecule has 3 aliphatic rings. The Kier molecular flexibility index (Phi) is 5.77. The van der Waals surface area contributed by atoms with Crippen LogP contribution in [-0.2, 0) is 20.6 Å². The first kappa shape index (κ1) is 22.0. The van der Waals surface area contributed by atoms with Gasteiger partial charge in [0, 0.05) is 61.6 Å². The van der Waals surface area contributed by atoms with Gasteiger partial charge in [-0.2, -0.15) is 0 Å². The molecule has 1 N–H and O–H groups in total. The van der Waals surface area contributed by atoms with Crippen LogP contribution in [0.25, 0.3) is 22.3 Å². The molecule has 1 spiro atoms. The number of hydrogen-bond acceptors (Lipinski definition) is 7. The van der Waals surface area contributed by atoms with E-state index >= 15 is 0 Å². The molecule has 1 aromatic carbocycles. The van der Waals surface area contributed by atoms with Gasteiger partial charge in [-0.1, -0.05) is 12.1 Å². The molecule has 1 saturated carbocycles. The first-order valence-electron chi connectivity index (χ1n) is 12.3. The minimum absolute atomic E-state index is 0.191. The molecule has 8 heteroatoms. The van der Waals surface area contributed by atoms with Crippen molar-refractivity contribution in [3.8, 4) is 17.0 Å². The summed E-state index contributed by atoms with van der Waals surface area (Å²) < 4.78 is 22.8. The van der Waals surface area contributed by atoms with Crippen molar-refractivity contribution in [1.82, 2.24) is 20.1 Å². The Morgan fingerprint density at radius 1 is 1.15 bits per heavy atom. The monoisotopic (exact) mass is 464 g/mol. The number of ether oxygens (including phenoxy) is 4. The van der Waals surface area contributed by atoms with Crippen LogP contribution >= 0.6 is 0 Å². The molecule has 3 aromatic rings. The van der Waals surface area contributed by atoms with E-state index in [1.54, 1.807) is 7.11 Å². The van der Waals surface area contributed by atoms with E-state index in [9.17, 15) is 0 Å². The minimum atomic E-state index is -0.315. The van der Waals surface area contributed by atoms with Gasteiger partial charge in [0.25, 0.3) is 0 Å². The smallest absolute Gasteiger partial charge is 0.188 e. The fourth-order valence-corrected chi connectivity index (χ4v) is 6.05. The fourth-order valence-electron chi connectivity index (χ4n) is 6.05. The van der Waals surface area contributed by atoms with Gasteiger partial charge < -0.3 is 23.9 Å². The number of H-pyrrole nitrogens is 1. The van der Waals surface area contributed by atoms with Crippen LogP contribution in [0.4, 0.5) is 0 Å². The topological polar surface area (TPSA) is 81.7 Å². The van der Waals surface area contributed by atoms with E-state index in [2.05, 4.69) is 33.1 Å². The second kappa shape index (κ2) is 8.92. The number of aromatic nitrogens is 3. The van der Waals surface area contributed by atoms with Gasteiger partial charge in [-0.25, -0.2) is 0 Å². The van der Waals surface area contributed by atoms with E-state index in [-0.39, 0.29) is 12.6 Å². The van der Waals surface area contributed by atoms with E-state index in [0.717, 1.165) is 79.9 Å². The molecule has 2 fully saturated rings. The van der Waals surface area contributed by atoms with Crippen molar-refractivity contribution in [2.75, 3.05) is 33.7 Å². The molecule has 8 nitrogen and oxygen atoms in total. The highest BCUT2D eigenvalue weighted by Crippen LogP contribution is 2.43. The van der Waals surface area contributed by atoms with Crippen molar-refractivity contribution >= 4 is 11.0 Å². The Balaban J connectivity index is 1.29. The van der Waals surface area contributed by atoms with E-state index < -0.39 is 0 Å². The molecule has 4 heterocycles. The molecule has 1 saturated heterocycles. The molecule has 0 bridgehead atoms. The molecule has 6 rings (SSSR count). The number of para-hydroxylation sites is 1. The standard InChI is InChI=1S/C26H32N4O4/c1-17-24-20-15-22(19-5-3-4-6-23(19)32-16-31-2)28-29-25(20)27-21(24)9-12-30(17)18-7-10-26(11-8-18)33-13-14-34-26/h3-6,15,17-18H,7-14,16H2,1-2H3,(H,27,29)/t17-/m1/s1. The lowest BCUT2D eigenvalue weighted by Gasteiger charge is -2.44. The Bertz CT molecular complexity index is 1160. The molecular formula is C26H32N4O4. The van der Waals surface area contributed by atoms with Crippen molar-refractivity contribution in [3.05, 3.63) is 41.6 Å². The number of fused-ring (bicyclic) bond motifs is 3. The number of methoxy groups -OCH3 is 1. The summed E-state index contributed by atoms with van der Waals surface area (Å²) in [4.78, 5) is 6.22. The van der Waals surface area contributed by atoms with Crippen molar-refractivity contribution in [1.29, 1.82) is 0 Å². The van der Waals surface area contributed by atoms with E-state index in [4.69, 9.17) is 18.9 Å². The van der Waals surface area contributed by atoms with Gasteiger partial charge in [0.1, 0.15) is 5.75 Å². The largest absolute Gasteiger partial charge is 0.467 e.